The van der Waals surface area contributed by atoms with Gasteiger partial charge in [-0.25, -0.2) is 12.8 Å². The zero-order chi connectivity index (χ0) is 20.1. The number of hydrogen-bond donors (Lipinski definition) is 0. The molecule has 2 rings (SSSR count). The van der Waals surface area contributed by atoms with E-state index >= 15 is 0 Å². The van der Waals surface area contributed by atoms with Gasteiger partial charge in [0.05, 0.1) is 12.9 Å². The van der Waals surface area contributed by atoms with Gasteiger partial charge >= 0.3 is 10.1 Å². The van der Waals surface area contributed by atoms with Gasteiger partial charge in [0.1, 0.15) is 16.5 Å². The van der Waals surface area contributed by atoms with Crippen molar-refractivity contribution in [2.45, 2.75) is 11.4 Å². The van der Waals surface area contributed by atoms with E-state index in [9.17, 15) is 21.2 Å². The average molecular weight is 417 g/mol. The van der Waals surface area contributed by atoms with E-state index in [1.807, 2.05) is 0 Å². The molecular weight excluding hydrogens is 397 g/mol. The minimum Gasteiger partial charge on any atom is -0.383 e. The summed E-state index contributed by atoms with van der Waals surface area (Å²) in [6.45, 7) is 0.423. The van der Waals surface area contributed by atoms with Crippen LogP contribution >= 0.6 is 0 Å². The third-order valence-corrected chi connectivity index (χ3v) is 6.09. The molecule has 0 aliphatic carbocycles. The molecule has 0 atom stereocenters. The van der Waals surface area contributed by atoms with Crippen molar-refractivity contribution in [3.05, 3.63) is 59.9 Å². The third kappa shape index (κ3) is 6.28. The molecule has 0 bridgehead atoms. The topological polar surface area (TPSA) is 90.0 Å². The number of nitrogens with zero attached hydrogens (tertiary/aromatic N) is 1. The Morgan fingerprint density at radius 2 is 1.70 bits per heavy atom. The maximum absolute atomic E-state index is 13.0. The Hall–Kier alpha value is -2.01. The first-order chi connectivity index (χ1) is 12.6. The van der Waals surface area contributed by atoms with E-state index in [-0.39, 0.29) is 30.3 Å². The first-order valence-electron chi connectivity index (χ1n) is 7.85. The van der Waals surface area contributed by atoms with Crippen molar-refractivity contribution in [1.82, 2.24) is 4.31 Å². The van der Waals surface area contributed by atoms with Gasteiger partial charge < -0.3 is 8.92 Å². The van der Waals surface area contributed by atoms with Gasteiger partial charge in [0, 0.05) is 20.2 Å². The van der Waals surface area contributed by atoms with Crippen molar-refractivity contribution < 1.29 is 30.1 Å². The Balaban J connectivity index is 2.20. The molecule has 0 aliphatic heterocycles. The lowest BCUT2D eigenvalue weighted by Gasteiger charge is -2.19. The van der Waals surface area contributed by atoms with Gasteiger partial charge in [-0.2, -0.15) is 12.7 Å². The van der Waals surface area contributed by atoms with Gasteiger partial charge in [-0.15, -0.1) is 0 Å². The van der Waals surface area contributed by atoms with Gasteiger partial charge in [-0.05, 0) is 42.0 Å². The predicted octanol–water partition coefficient (Wildman–Crippen LogP) is 2.00. The molecule has 0 spiro atoms. The van der Waals surface area contributed by atoms with E-state index in [0.717, 1.165) is 30.5 Å². The zero-order valence-electron chi connectivity index (χ0n) is 14.8. The molecule has 7 nitrogen and oxygen atoms in total. The Morgan fingerprint density at radius 1 is 1.04 bits per heavy atom. The highest BCUT2D eigenvalue weighted by Crippen LogP contribution is 2.21. The number of sulfonamides is 1. The number of benzene rings is 2. The molecule has 0 heterocycles. The normalized spacial score (nSPS) is 12.3. The van der Waals surface area contributed by atoms with Crippen LogP contribution in [0.1, 0.15) is 5.56 Å². The van der Waals surface area contributed by atoms with Crippen molar-refractivity contribution in [3.63, 3.8) is 0 Å². The van der Waals surface area contributed by atoms with E-state index in [1.165, 1.54) is 23.5 Å². The molecule has 0 unspecified atom stereocenters. The number of rotatable bonds is 9. The Bertz CT molecular complexity index is 975. The molecule has 2 aromatic carbocycles. The van der Waals surface area contributed by atoms with Crippen molar-refractivity contribution >= 4 is 20.1 Å². The molecule has 10 heteroatoms. The summed E-state index contributed by atoms with van der Waals surface area (Å²) in [6, 6.07) is 10.3. The Labute approximate surface area is 158 Å². The maximum atomic E-state index is 13.0. The van der Waals surface area contributed by atoms with Crippen molar-refractivity contribution in [1.29, 1.82) is 0 Å². The van der Waals surface area contributed by atoms with E-state index in [4.69, 9.17) is 8.92 Å². The Morgan fingerprint density at radius 3 is 2.30 bits per heavy atom. The summed E-state index contributed by atoms with van der Waals surface area (Å²) in [5, 5.41) is 0. The summed E-state index contributed by atoms with van der Waals surface area (Å²) in [4.78, 5) is -0.188. The van der Waals surface area contributed by atoms with Crippen molar-refractivity contribution in [2.24, 2.45) is 0 Å². The SMILES string of the molecule is COCCN(Cc1cccc(OS(=O)(=O)c2ccc(F)cc2)c1)S(C)(=O)=O. The number of ether oxygens (including phenoxy) is 1. The minimum atomic E-state index is -4.14. The largest absolute Gasteiger partial charge is 0.383 e. The highest BCUT2D eigenvalue weighted by molar-refractivity contribution is 7.88. The Kier molecular flexibility index (Phi) is 6.93. The molecule has 0 N–H and O–H groups in total. The van der Waals surface area contributed by atoms with Crippen LogP contribution in [0.4, 0.5) is 4.39 Å². The molecule has 0 radical (unpaired) electrons. The summed E-state index contributed by atoms with van der Waals surface area (Å²) in [6.07, 6.45) is 1.09. The number of methoxy groups -OCH3 is 1. The lowest BCUT2D eigenvalue weighted by molar-refractivity contribution is 0.177. The van der Waals surface area contributed by atoms with Crippen LogP contribution in [-0.4, -0.2) is 47.7 Å². The molecule has 0 aromatic heterocycles. The summed E-state index contributed by atoms with van der Waals surface area (Å²) >= 11 is 0. The fourth-order valence-electron chi connectivity index (χ4n) is 2.23. The number of hydrogen-bond acceptors (Lipinski definition) is 6. The smallest absolute Gasteiger partial charge is 0.339 e. The lowest BCUT2D eigenvalue weighted by atomic mass is 10.2. The monoisotopic (exact) mass is 417 g/mol. The second-order valence-electron chi connectivity index (χ2n) is 5.73. The van der Waals surface area contributed by atoms with Crippen LogP contribution in [0.5, 0.6) is 5.75 Å². The molecular formula is C17H20FNO6S2. The van der Waals surface area contributed by atoms with Crippen LogP contribution in [0.2, 0.25) is 0 Å². The van der Waals surface area contributed by atoms with Gasteiger partial charge in [0.15, 0.2) is 0 Å². The standard InChI is InChI=1S/C17H20FNO6S2/c1-24-11-10-19(26(2,20)21)13-14-4-3-5-16(12-14)25-27(22,23)17-8-6-15(18)7-9-17/h3-9,12H,10-11,13H2,1-2H3. The van der Waals surface area contributed by atoms with Crippen LogP contribution in [0, 0.1) is 5.82 Å². The van der Waals surface area contributed by atoms with Gasteiger partial charge in [-0.1, -0.05) is 12.1 Å². The minimum absolute atomic E-state index is 0.0250. The van der Waals surface area contributed by atoms with Crippen LogP contribution in [0.25, 0.3) is 0 Å². The summed E-state index contributed by atoms with van der Waals surface area (Å²) in [5.41, 5.74) is 0.545. The third-order valence-electron chi connectivity index (χ3n) is 3.58. The average Bonchev–Trinajstić information content (AvgIpc) is 2.58. The summed E-state index contributed by atoms with van der Waals surface area (Å²) in [5.74, 6) is -0.537. The number of halogens is 1. The summed E-state index contributed by atoms with van der Waals surface area (Å²) in [7, 11) is -6.14. The quantitative estimate of drug-likeness (QED) is 0.580. The first kappa shape index (κ1) is 21.3. The van der Waals surface area contributed by atoms with Crippen molar-refractivity contribution in [3.8, 4) is 5.75 Å². The van der Waals surface area contributed by atoms with Crippen molar-refractivity contribution in [2.75, 3.05) is 26.5 Å². The second-order valence-corrected chi connectivity index (χ2v) is 9.26. The second kappa shape index (κ2) is 8.79. The van der Waals surface area contributed by atoms with Crippen LogP contribution in [0.15, 0.2) is 53.4 Å². The molecule has 148 valence electrons. The maximum Gasteiger partial charge on any atom is 0.339 e. The van der Waals surface area contributed by atoms with Crippen LogP contribution in [0.3, 0.4) is 0 Å². The first-order valence-corrected chi connectivity index (χ1v) is 11.1. The van der Waals surface area contributed by atoms with E-state index in [0.29, 0.717) is 5.56 Å². The predicted molar refractivity (Wildman–Crippen MR) is 97.8 cm³/mol. The summed E-state index contributed by atoms with van der Waals surface area (Å²) < 4.78 is 72.5. The van der Waals surface area contributed by atoms with E-state index in [1.54, 1.807) is 12.1 Å². The highest BCUT2D eigenvalue weighted by atomic mass is 32.2. The molecule has 27 heavy (non-hydrogen) atoms. The fraction of sp³-hybridized carbons (Fsp3) is 0.294. The van der Waals surface area contributed by atoms with Crippen LogP contribution in [-0.2, 0) is 31.4 Å². The fourth-order valence-corrected chi connectivity index (χ4v) is 3.94. The molecule has 0 saturated heterocycles. The van der Waals surface area contributed by atoms with Gasteiger partial charge in [0.2, 0.25) is 10.0 Å². The van der Waals surface area contributed by atoms with Gasteiger partial charge in [0.25, 0.3) is 0 Å². The van der Waals surface area contributed by atoms with Crippen LogP contribution < -0.4 is 4.18 Å². The lowest BCUT2D eigenvalue weighted by Crippen LogP contribution is -2.32. The molecule has 0 aliphatic rings. The molecule has 0 saturated carbocycles. The molecule has 2 aromatic rings. The molecule has 0 fully saturated rings. The highest BCUT2D eigenvalue weighted by Gasteiger charge is 2.19. The van der Waals surface area contributed by atoms with E-state index < -0.39 is 26.0 Å². The zero-order valence-corrected chi connectivity index (χ0v) is 16.5. The molecule has 0 amide bonds. The van der Waals surface area contributed by atoms with E-state index in [2.05, 4.69) is 0 Å². The van der Waals surface area contributed by atoms with Gasteiger partial charge in [-0.3, -0.25) is 0 Å².